The molecule has 1 aliphatic rings. The van der Waals surface area contributed by atoms with E-state index in [1.807, 2.05) is 26.8 Å². The number of aliphatic carboxylic acids is 1. The van der Waals surface area contributed by atoms with Crippen LogP contribution >= 0.6 is 0 Å². The summed E-state index contributed by atoms with van der Waals surface area (Å²) < 4.78 is 0. The zero-order valence-corrected chi connectivity index (χ0v) is 11.4. The quantitative estimate of drug-likeness (QED) is 0.738. The molecule has 0 aromatic rings. The Morgan fingerprint density at radius 3 is 2.39 bits per heavy atom. The third-order valence-electron chi connectivity index (χ3n) is 3.68. The molecule has 0 bridgehead atoms. The minimum atomic E-state index is -0.840. The molecule has 1 amide bonds. The summed E-state index contributed by atoms with van der Waals surface area (Å²) in [5, 5.41) is 12.0. The van der Waals surface area contributed by atoms with Crippen molar-refractivity contribution in [1.29, 1.82) is 0 Å². The predicted octanol–water partition coefficient (Wildman–Crippen LogP) is 2.21. The number of amides is 1. The fourth-order valence-electron chi connectivity index (χ4n) is 2.53. The van der Waals surface area contributed by atoms with E-state index in [0.717, 1.165) is 12.0 Å². The molecule has 3 atom stereocenters. The van der Waals surface area contributed by atoms with Crippen molar-refractivity contribution in [3.05, 3.63) is 11.6 Å². The minimum Gasteiger partial charge on any atom is -0.481 e. The Morgan fingerprint density at radius 1 is 1.28 bits per heavy atom. The monoisotopic (exact) mass is 253 g/mol. The van der Waals surface area contributed by atoms with Crippen LogP contribution in [-0.4, -0.2) is 23.5 Å². The Labute approximate surface area is 108 Å². The second kappa shape index (κ2) is 6.57. The van der Waals surface area contributed by atoms with E-state index in [1.54, 1.807) is 0 Å². The Bertz CT molecular complexity index is 345. The molecular formula is C14H23NO3. The normalized spacial score (nSPS) is 26.7. The zero-order chi connectivity index (χ0) is 13.7. The van der Waals surface area contributed by atoms with Gasteiger partial charge in [0.05, 0.1) is 11.8 Å². The van der Waals surface area contributed by atoms with Crippen LogP contribution in [0.25, 0.3) is 0 Å². The predicted molar refractivity (Wildman–Crippen MR) is 70.1 cm³/mol. The van der Waals surface area contributed by atoms with Crippen molar-refractivity contribution < 1.29 is 14.7 Å². The lowest BCUT2D eigenvalue weighted by Crippen LogP contribution is -2.35. The maximum Gasteiger partial charge on any atom is 0.307 e. The van der Waals surface area contributed by atoms with E-state index in [9.17, 15) is 9.59 Å². The first-order chi connectivity index (χ1) is 8.45. The summed E-state index contributed by atoms with van der Waals surface area (Å²) in [4.78, 5) is 23.2. The van der Waals surface area contributed by atoms with E-state index in [-0.39, 0.29) is 11.8 Å². The number of carboxylic acids is 1. The molecule has 0 aliphatic heterocycles. The fourth-order valence-corrected chi connectivity index (χ4v) is 2.53. The summed E-state index contributed by atoms with van der Waals surface area (Å²) in [6, 6.07) is 0. The van der Waals surface area contributed by atoms with Gasteiger partial charge in [0.2, 0.25) is 5.91 Å². The lowest BCUT2D eigenvalue weighted by atomic mass is 9.95. The van der Waals surface area contributed by atoms with Crippen molar-refractivity contribution in [3.8, 4) is 0 Å². The van der Waals surface area contributed by atoms with E-state index in [0.29, 0.717) is 25.3 Å². The molecule has 0 aromatic heterocycles. The molecule has 4 heteroatoms. The second-order valence-electron chi connectivity index (χ2n) is 5.32. The summed E-state index contributed by atoms with van der Waals surface area (Å²) in [7, 11) is 0. The van der Waals surface area contributed by atoms with Gasteiger partial charge in [0.15, 0.2) is 0 Å². The first-order valence-corrected chi connectivity index (χ1v) is 6.59. The van der Waals surface area contributed by atoms with Crippen LogP contribution in [0.4, 0.5) is 0 Å². The highest BCUT2D eigenvalue weighted by molar-refractivity contribution is 5.85. The molecule has 102 valence electrons. The largest absolute Gasteiger partial charge is 0.481 e. The van der Waals surface area contributed by atoms with Crippen LogP contribution in [0.15, 0.2) is 11.6 Å². The number of carbonyl (C=O) groups excluding carboxylic acids is 1. The lowest BCUT2D eigenvalue weighted by molar-refractivity contribution is -0.146. The molecule has 0 heterocycles. The standard InChI is InChI=1S/C14H23NO3/c1-4-10-7-11(12(8-10)14(17)18)13(16)15-6-5-9(2)3/h5,10-12H,4,6-8H2,1-3H3,(H,15,16)(H,17,18)/t10?,11-,12+/m0/s1. The summed E-state index contributed by atoms with van der Waals surface area (Å²) in [6.07, 6.45) is 4.21. The Kier molecular flexibility index (Phi) is 5.38. The summed E-state index contributed by atoms with van der Waals surface area (Å²) in [5.74, 6) is -1.46. The fraction of sp³-hybridized carbons (Fsp3) is 0.714. The van der Waals surface area contributed by atoms with Crippen LogP contribution < -0.4 is 5.32 Å². The van der Waals surface area contributed by atoms with E-state index in [4.69, 9.17) is 5.11 Å². The van der Waals surface area contributed by atoms with Crippen molar-refractivity contribution in [2.75, 3.05) is 6.54 Å². The van der Waals surface area contributed by atoms with Gasteiger partial charge in [0.1, 0.15) is 0 Å². The van der Waals surface area contributed by atoms with Crippen molar-refractivity contribution in [1.82, 2.24) is 5.32 Å². The van der Waals surface area contributed by atoms with E-state index in [2.05, 4.69) is 5.32 Å². The lowest BCUT2D eigenvalue weighted by Gasteiger charge is -2.14. The molecular weight excluding hydrogens is 230 g/mol. The van der Waals surface area contributed by atoms with Gasteiger partial charge in [-0.05, 0) is 32.6 Å². The smallest absolute Gasteiger partial charge is 0.307 e. The third kappa shape index (κ3) is 3.86. The van der Waals surface area contributed by atoms with Gasteiger partial charge in [-0.1, -0.05) is 25.0 Å². The first-order valence-electron chi connectivity index (χ1n) is 6.59. The van der Waals surface area contributed by atoms with Crippen molar-refractivity contribution in [2.24, 2.45) is 17.8 Å². The number of nitrogens with one attached hydrogen (secondary N) is 1. The Balaban J connectivity index is 2.59. The summed E-state index contributed by atoms with van der Waals surface area (Å²) >= 11 is 0. The van der Waals surface area contributed by atoms with Crippen LogP contribution in [-0.2, 0) is 9.59 Å². The highest BCUT2D eigenvalue weighted by Crippen LogP contribution is 2.38. The van der Waals surface area contributed by atoms with Crippen molar-refractivity contribution >= 4 is 11.9 Å². The number of carboxylic acid groups (broad SMARTS) is 1. The molecule has 4 nitrogen and oxygen atoms in total. The zero-order valence-electron chi connectivity index (χ0n) is 11.4. The Hall–Kier alpha value is -1.32. The maximum atomic E-state index is 12.0. The SMILES string of the molecule is CCC1C[C@H](C(=O)NCC=C(C)C)[C@H](C(=O)O)C1. The number of rotatable bonds is 5. The average Bonchev–Trinajstić information content (AvgIpc) is 2.72. The van der Waals surface area contributed by atoms with E-state index < -0.39 is 11.9 Å². The molecule has 1 aliphatic carbocycles. The second-order valence-corrected chi connectivity index (χ2v) is 5.32. The van der Waals surface area contributed by atoms with Gasteiger partial charge in [0, 0.05) is 6.54 Å². The van der Waals surface area contributed by atoms with Crippen LogP contribution in [0.3, 0.4) is 0 Å². The molecule has 1 unspecified atom stereocenters. The molecule has 0 aromatic carbocycles. The Morgan fingerprint density at radius 2 is 1.89 bits per heavy atom. The van der Waals surface area contributed by atoms with Gasteiger partial charge in [-0.2, -0.15) is 0 Å². The minimum absolute atomic E-state index is 0.115. The van der Waals surface area contributed by atoms with Gasteiger partial charge in [-0.3, -0.25) is 9.59 Å². The molecule has 0 saturated heterocycles. The van der Waals surface area contributed by atoms with Crippen LogP contribution in [0.2, 0.25) is 0 Å². The summed E-state index contributed by atoms with van der Waals surface area (Å²) in [6.45, 7) is 6.47. The van der Waals surface area contributed by atoms with Gasteiger partial charge >= 0.3 is 5.97 Å². The van der Waals surface area contributed by atoms with Gasteiger partial charge in [-0.25, -0.2) is 0 Å². The van der Waals surface area contributed by atoms with Crippen LogP contribution in [0.5, 0.6) is 0 Å². The summed E-state index contributed by atoms with van der Waals surface area (Å²) in [5.41, 5.74) is 1.14. The maximum absolute atomic E-state index is 12.0. The van der Waals surface area contributed by atoms with E-state index >= 15 is 0 Å². The van der Waals surface area contributed by atoms with Crippen LogP contribution in [0, 0.1) is 17.8 Å². The number of allylic oxidation sites excluding steroid dienone is 1. The van der Waals surface area contributed by atoms with Gasteiger partial charge in [-0.15, -0.1) is 0 Å². The van der Waals surface area contributed by atoms with Crippen molar-refractivity contribution in [2.45, 2.75) is 40.0 Å². The molecule has 0 spiro atoms. The van der Waals surface area contributed by atoms with Crippen molar-refractivity contribution in [3.63, 3.8) is 0 Å². The van der Waals surface area contributed by atoms with E-state index in [1.165, 1.54) is 0 Å². The number of carbonyl (C=O) groups is 2. The molecule has 1 fully saturated rings. The van der Waals surface area contributed by atoms with Gasteiger partial charge in [0.25, 0.3) is 0 Å². The van der Waals surface area contributed by atoms with Crippen LogP contribution in [0.1, 0.15) is 40.0 Å². The number of hydrogen-bond donors (Lipinski definition) is 2. The average molecular weight is 253 g/mol. The molecule has 0 radical (unpaired) electrons. The number of hydrogen-bond acceptors (Lipinski definition) is 2. The topological polar surface area (TPSA) is 66.4 Å². The molecule has 2 N–H and O–H groups in total. The molecule has 18 heavy (non-hydrogen) atoms. The van der Waals surface area contributed by atoms with Gasteiger partial charge < -0.3 is 10.4 Å². The molecule has 1 rings (SSSR count). The molecule has 1 saturated carbocycles. The highest BCUT2D eigenvalue weighted by Gasteiger charge is 2.41. The highest BCUT2D eigenvalue weighted by atomic mass is 16.4. The third-order valence-corrected chi connectivity index (χ3v) is 3.68. The first kappa shape index (κ1) is 14.7.